The van der Waals surface area contributed by atoms with Gasteiger partial charge in [-0.15, -0.1) is 0 Å². The number of halogens is 1. The van der Waals surface area contributed by atoms with Crippen LogP contribution >= 0.6 is 0 Å². The minimum absolute atomic E-state index is 0.0511. The number of benzene rings is 1. The van der Waals surface area contributed by atoms with Crippen molar-refractivity contribution < 1.29 is 12.8 Å². The van der Waals surface area contributed by atoms with Gasteiger partial charge >= 0.3 is 10.2 Å². The third-order valence-electron chi connectivity index (χ3n) is 2.97. The number of nitrogens with one attached hydrogen (secondary N) is 1. The van der Waals surface area contributed by atoms with Gasteiger partial charge in [0.05, 0.1) is 5.69 Å². The Kier molecular flexibility index (Phi) is 3.84. The summed E-state index contributed by atoms with van der Waals surface area (Å²) in [6.07, 6.45) is 1.71. The van der Waals surface area contributed by atoms with Gasteiger partial charge in [0.2, 0.25) is 0 Å². The summed E-state index contributed by atoms with van der Waals surface area (Å²) in [6, 6.07) is 4.23. The van der Waals surface area contributed by atoms with Crippen LogP contribution in [0.4, 0.5) is 10.1 Å². The van der Waals surface area contributed by atoms with Crippen LogP contribution in [0.15, 0.2) is 18.2 Å². The van der Waals surface area contributed by atoms with E-state index in [2.05, 4.69) is 4.72 Å². The van der Waals surface area contributed by atoms with E-state index in [1.165, 1.54) is 22.5 Å². The zero-order valence-corrected chi connectivity index (χ0v) is 10.7. The van der Waals surface area contributed by atoms with E-state index in [1.54, 1.807) is 0 Å². The molecule has 1 aliphatic heterocycles. The molecule has 3 N–H and O–H groups in total. The summed E-state index contributed by atoms with van der Waals surface area (Å²) in [5.41, 5.74) is 5.83. The van der Waals surface area contributed by atoms with Crippen LogP contribution in [0.2, 0.25) is 0 Å². The molecule has 5 nitrogen and oxygen atoms in total. The summed E-state index contributed by atoms with van der Waals surface area (Å²) < 4.78 is 41.3. The number of rotatable bonds is 4. The Bertz CT molecular complexity index is 527. The van der Waals surface area contributed by atoms with Crippen LogP contribution in [0.3, 0.4) is 0 Å². The lowest BCUT2D eigenvalue weighted by Gasteiger charge is -2.18. The summed E-state index contributed by atoms with van der Waals surface area (Å²) >= 11 is 0. The minimum atomic E-state index is -3.60. The Morgan fingerprint density at radius 3 is 2.61 bits per heavy atom. The van der Waals surface area contributed by atoms with E-state index in [-0.39, 0.29) is 17.8 Å². The second-order valence-corrected chi connectivity index (χ2v) is 5.85. The maximum Gasteiger partial charge on any atom is 0.301 e. The standard InChI is InChI=1S/C11H16FN3O2S/c12-10-4-3-5-11(9(10)8-13)14-18(16,17)15-6-1-2-7-15/h3-5,14H,1-2,6-8,13H2. The van der Waals surface area contributed by atoms with Gasteiger partial charge in [-0.3, -0.25) is 4.72 Å². The molecule has 0 radical (unpaired) electrons. The average Bonchev–Trinajstić information content (AvgIpc) is 2.83. The molecule has 0 spiro atoms. The first kappa shape index (κ1) is 13.3. The molecule has 0 atom stereocenters. The third kappa shape index (κ3) is 2.63. The zero-order chi connectivity index (χ0) is 13.2. The molecular formula is C11H16FN3O2S. The van der Waals surface area contributed by atoms with Crippen molar-refractivity contribution in [1.82, 2.24) is 4.31 Å². The highest BCUT2D eigenvalue weighted by molar-refractivity contribution is 7.90. The van der Waals surface area contributed by atoms with E-state index in [1.807, 2.05) is 0 Å². The van der Waals surface area contributed by atoms with E-state index in [0.29, 0.717) is 13.1 Å². The average molecular weight is 273 g/mol. The van der Waals surface area contributed by atoms with Gasteiger partial charge in [0.1, 0.15) is 5.82 Å². The minimum Gasteiger partial charge on any atom is -0.326 e. The maximum atomic E-state index is 13.5. The van der Waals surface area contributed by atoms with Crippen LogP contribution in [0.1, 0.15) is 18.4 Å². The highest BCUT2D eigenvalue weighted by atomic mass is 32.2. The number of nitrogens with two attached hydrogens (primary N) is 1. The Balaban J connectivity index is 2.26. The van der Waals surface area contributed by atoms with E-state index >= 15 is 0 Å². The lowest BCUT2D eigenvalue weighted by Crippen LogP contribution is -2.33. The monoisotopic (exact) mass is 273 g/mol. The first-order valence-corrected chi connectivity index (χ1v) is 7.24. The lowest BCUT2D eigenvalue weighted by molar-refractivity contribution is 0.482. The molecule has 1 aromatic carbocycles. The fourth-order valence-corrected chi connectivity index (χ4v) is 3.33. The van der Waals surface area contributed by atoms with Crippen molar-refractivity contribution in [1.29, 1.82) is 0 Å². The van der Waals surface area contributed by atoms with Crippen LogP contribution in [-0.2, 0) is 16.8 Å². The molecule has 0 unspecified atom stereocenters. The largest absolute Gasteiger partial charge is 0.326 e. The van der Waals surface area contributed by atoms with Gasteiger partial charge < -0.3 is 5.73 Å². The lowest BCUT2D eigenvalue weighted by atomic mass is 10.2. The second-order valence-electron chi connectivity index (χ2n) is 4.18. The summed E-state index contributed by atoms with van der Waals surface area (Å²) in [5.74, 6) is -0.501. The van der Waals surface area contributed by atoms with E-state index < -0.39 is 16.0 Å². The van der Waals surface area contributed by atoms with Gasteiger partial charge in [0.15, 0.2) is 0 Å². The maximum absolute atomic E-state index is 13.5. The summed E-state index contributed by atoms with van der Waals surface area (Å²) in [6.45, 7) is 0.954. The van der Waals surface area contributed by atoms with Crippen LogP contribution in [0.5, 0.6) is 0 Å². The van der Waals surface area contributed by atoms with Crippen molar-refractivity contribution in [2.24, 2.45) is 5.73 Å². The zero-order valence-electron chi connectivity index (χ0n) is 9.89. The van der Waals surface area contributed by atoms with Crippen molar-refractivity contribution in [2.45, 2.75) is 19.4 Å². The fraction of sp³-hybridized carbons (Fsp3) is 0.455. The summed E-state index contributed by atoms with van der Waals surface area (Å²) in [7, 11) is -3.60. The molecule has 1 fully saturated rings. The van der Waals surface area contributed by atoms with Crippen LogP contribution in [0, 0.1) is 5.82 Å². The van der Waals surface area contributed by atoms with Crippen LogP contribution in [-0.4, -0.2) is 25.8 Å². The van der Waals surface area contributed by atoms with Crippen LogP contribution < -0.4 is 10.5 Å². The molecule has 0 aromatic heterocycles. The van der Waals surface area contributed by atoms with Gasteiger partial charge in [0, 0.05) is 25.2 Å². The van der Waals surface area contributed by atoms with E-state index in [9.17, 15) is 12.8 Å². The Hall–Kier alpha value is -1.18. The van der Waals surface area contributed by atoms with Gasteiger partial charge in [-0.25, -0.2) is 4.39 Å². The normalized spacial score (nSPS) is 17.0. The van der Waals surface area contributed by atoms with Crippen molar-refractivity contribution in [3.8, 4) is 0 Å². The fourth-order valence-electron chi connectivity index (χ4n) is 1.99. The van der Waals surface area contributed by atoms with Gasteiger partial charge in [-0.2, -0.15) is 12.7 Å². The highest BCUT2D eigenvalue weighted by Crippen LogP contribution is 2.22. The van der Waals surface area contributed by atoms with Crippen molar-refractivity contribution in [2.75, 3.05) is 17.8 Å². The molecular weight excluding hydrogens is 257 g/mol. The molecule has 7 heteroatoms. The first-order valence-electron chi connectivity index (χ1n) is 5.80. The topological polar surface area (TPSA) is 75.4 Å². The number of nitrogens with zero attached hydrogens (tertiary/aromatic N) is 1. The number of hydrogen-bond acceptors (Lipinski definition) is 3. The Morgan fingerprint density at radius 2 is 2.00 bits per heavy atom. The van der Waals surface area contributed by atoms with Gasteiger partial charge in [-0.05, 0) is 25.0 Å². The molecule has 100 valence electrons. The SMILES string of the molecule is NCc1c(F)cccc1NS(=O)(=O)N1CCCC1. The number of hydrogen-bond donors (Lipinski definition) is 2. The molecule has 0 amide bonds. The quantitative estimate of drug-likeness (QED) is 0.860. The molecule has 18 heavy (non-hydrogen) atoms. The Morgan fingerprint density at radius 1 is 1.33 bits per heavy atom. The predicted octanol–water partition coefficient (Wildman–Crippen LogP) is 1.04. The second kappa shape index (κ2) is 5.21. The molecule has 1 aromatic rings. The van der Waals surface area contributed by atoms with E-state index in [0.717, 1.165) is 12.8 Å². The highest BCUT2D eigenvalue weighted by Gasteiger charge is 2.26. The van der Waals surface area contributed by atoms with Gasteiger partial charge in [-0.1, -0.05) is 6.07 Å². The molecule has 0 saturated carbocycles. The summed E-state index contributed by atoms with van der Waals surface area (Å²) in [4.78, 5) is 0. The molecule has 0 bridgehead atoms. The molecule has 0 aliphatic carbocycles. The Labute approximate surface area is 106 Å². The van der Waals surface area contributed by atoms with Gasteiger partial charge in [0.25, 0.3) is 0 Å². The molecule has 1 aliphatic rings. The van der Waals surface area contributed by atoms with Crippen molar-refractivity contribution >= 4 is 15.9 Å². The van der Waals surface area contributed by atoms with Crippen molar-refractivity contribution in [3.63, 3.8) is 0 Å². The predicted molar refractivity (Wildman–Crippen MR) is 67.6 cm³/mol. The number of anilines is 1. The van der Waals surface area contributed by atoms with E-state index in [4.69, 9.17) is 5.73 Å². The molecule has 2 rings (SSSR count). The first-order chi connectivity index (χ1) is 8.54. The molecule has 1 heterocycles. The smallest absolute Gasteiger partial charge is 0.301 e. The van der Waals surface area contributed by atoms with Crippen LogP contribution in [0.25, 0.3) is 0 Å². The van der Waals surface area contributed by atoms with Crippen molar-refractivity contribution in [3.05, 3.63) is 29.6 Å². The third-order valence-corrected chi connectivity index (χ3v) is 4.49. The summed E-state index contributed by atoms with van der Waals surface area (Å²) in [5, 5.41) is 0. The molecule has 1 saturated heterocycles.